The van der Waals surface area contributed by atoms with Crippen molar-refractivity contribution in [2.45, 2.75) is 6.85 Å². The fraction of sp³-hybridized carbons (Fsp3) is 0.125. The number of carboxylic acids is 1. The normalized spacial score (nSPS) is 17.2. The molecule has 1 aromatic carbocycles. The maximum absolute atomic E-state index is 10.8. The average molecular weight is 187 g/mol. The van der Waals surface area contributed by atoms with Gasteiger partial charge in [0, 0.05) is 15.7 Å². The number of aromatic carboxylic acids is 1. The van der Waals surface area contributed by atoms with E-state index in [2.05, 4.69) is 0 Å². The summed E-state index contributed by atoms with van der Waals surface area (Å²) in [7, 11) is 0. The van der Waals surface area contributed by atoms with Gasteiger partial charge in [-0.1, -0.05) is 6.04 Å². The Labute approximate surface area is 82.2 Å². The Bertz CT molecular complexity index is 582. The number of rotatable bonds is 2. The smallest absolute Gasteiger partial charge is 0.335 e. The first-order valence-corrected chi connectivity index (χ1v) is 3.02. The van der Waals surface area contributed by atoms with Crippen LogP contribution in [0, 0.1) is 17.0 Å². The lowest BCUT2D eigenvalue weighted by atomic mass is 10.1. The minimum absolute atomic E-state index is 1.03. The van der Waals surface area contributed by atoms with Gasteiger partial charge in [-0.25, -0.2) is 4.79 Å². The van der Waals surface area contributed by atoms with E-state index < -0.39 is 52.7 Å². The van der Waals surface area contributed by atoms with Crippen LogP contribution < -0.4 is 0 Å². The second-order valence-electron chi connectivity index (χ2n) is 2.04. The second kappa shape index (κ2) is 3.22. The van der Waals surface area contributed by atoms with Crippen LogP contribution in [0.15, 0.2) is 18.1 Å². The molecule has 1 rings (SSSR count). The molecule has 1 N–H and O–H groups in total. The second-order valence-corrected chi connectivity index (χ2v) is 2.04. The zero-order valence-electron chi connectivity index (χ0n) is 12.1. The molecule has 0 radical (unpaired) electrons. The molecule has 0 fully saturated rings. The Morgan fingerprint density at radius 2 is 2.46 bits per heavy atom. The molecule has 68 valence electrons. The van der Waals surface area contributed by atoms with Crippen molar-refractivity contribution in [3.63, 3.8) is 0 Å². The molecule has 0 aliphatic heterocycles. The molecule has 0 heterocycles. The molecule has 0 spiro atoms. The van der Waals surface area contributed by atoms with Crippen molar-refractivity contribution in [2.24, 2.45) is 0 Å². The van der Waals surface area contributed by atoms with Gasteiger partial charge in [0.2, 0.25) is 0 Å². The first kappa shape index (κ1) is 3.87. The summed E-state index contributed by atoms with van der Waals surface area (Å²) in [4.78, 5) is 20.4. The van der Waals surface area contributed by atoms with Crippen LogP contribution in [-0.2, 0) is 0 Å². The van der Waals surface area contributed by atoms with Crippen molar-refractivity contribution in [1.29, 1.82) is 0 Å². The minimum Gasteiger partial charge on any atom is -0.478 e. The zero-order chi connectivity index (χ0) is 15.1. The van der Waals surface area contributed by atoms with Gasteiger partial charge in [-0.15, -0.1) is 0 Å². The van der Waals surface area contributed by atoms with E-state index in [1.165, 1.54) is 0 Å². The van der Waals surface area contributed by atoms with Gasteiger partial charge in [-0.2, -0.15) is 0 Å². The standard InChI is InChI=1S/C8H7NO4/c1-5-2-3-6(8(10)11)4-7(5)9(12)13/h2-4H,1H3,(H,10,11)/i1D3,2D,3D,4D. The summed E-state index contributed by atoms with van der Waals surface area (Å²) in [5.74, 6) is -1.80. The molecule has 0 saturated carbocycles. The third-order valence-electron chi connectivity index (χ3n) is 1.19. The van der Waals surface area contributed by atoms with Gasteiger partial charge < -0.3 is 5.11 Å². The Balaban J connectivity index is 3.97. The molecule has 13 heavy (non-hydrogen) atoms. The number of nitrogens with zero attached hydrogens (tertiary/aromatic N) is 1. The lowest BCUT2D eigenvalue weighted by molar-refractivity contribution is -0.385. The third kappa shape index (κ3) is 1.81. The van der Waals surface area contributed by atoms with Crippen LogP contribution in [0.25, 0.3) is 0 Å². The van der Waals surface area contributed by atoms with Gasteiger partial charge in [-0.3, -0.25) is 10.1 Å². The fourth-order valence-electron chi connectivity index (χ4n) is 0.640. The van der Waals surface area contributed by atoms with Crippen molar-refractivity contribution in [3.05, 3.63) is 39.4 Å². The van der Waals surface area contributed by atoms with Crippen molar-refractivity contribution in [2.75, 3.05) is 0 Å². The van der Waals surface area contributed by atoms with Gasteiger partial charge >= 0.3 is 5.97 Å². The van der Waals surface area contributed by atoms with E-state index in [0.717, 1.165) is 0 Å². The van der Waals surface area contributed by atoms with Gasteiger partial charge in [-0.05, 0) is 12.9 Å². The Morgan fingerprint density at radius 3 is 2.92 bits per heavy atom. The quantitative estimate of drug-likeness (QED) is 0.563. The van der Waals surface area contributed by atoms with Crippen LogP contribution >= 0.6 is 0 Å². The molecular weight excluding hydrogens is 174 g/mol. The van der Waals surface area contributed by atoms with Crippen LogP contribution in [-0.4, -0.2) is 16.0 Å². The number of hydrogen-bond acceptors (Lipinski definition) is 3. The summed E-state index contributed by atoms with van der Waals surface area (Å²) in [5, 5.41) is 19.6. The zero-order valence-corrected chi connectivity index (χ0v) is 6.12. The highest BCUT2D eigenvalue weighted by atomic mass is 16.6. The van der Waals surface area contributed by atoms with E-state index in [9.17, 15) is 14.9 Å². The molecule has 0 bridgehead atoms. The minimum atomic E-state index is -3.10. The van der Waals surface area contributed by atoms with E-state index in [-0.39, 0.29) is 0 Å². The molecule has 0 atom stereocenters. The number of benzene rings is 1. The summed E-state index contributed by atoms with van der Waals surface area (Å²) in [6.45, 7) is -3.10. The van der Waals surface area contributed by atoms with Crippen LogP contribution in [0.5, 0.6) is 0 Å². The number of hydrogen-bond donors (Lipinski definition) is 1. The van der Waals surface area contributed by atoms with Crippen molar-refractivity contribution < 1.29 is 23.0 Å². The molecule has 0 aliphatic rings. The van der Waals surface area contributed by atoms with E-state index in [0.29, 0.717) is 0 Å². The number of carbonyl (C=O) groups is 1. The summed E-state index contributed by atoms with van der Waals surface area (Å²) in [6.07, 6.45) is 0. The van der Waals surface area contributed by atoms with E-state index >= 15 is 0 Å². The summed E-state index contributed by atoms with van der Waals surface area (Å²) >= 11 is 0. The lowest BCUT2D eigenvalue weighted by Crippen LogP contribution is -1.99. The van der Waals surface area contributed by atoms with E-state index in [4.69, 9.17) is 13.3 Å². The summed E-state index contributed by atoms with van der Waals surface area (Å²) < 4.78 is 43.5. The SMILES string of the molecule is [2H]c1c([2H])c(C([2H])([2H])[2H])c([N+](=O)[O-])c([2H])c1C(=O)O. The van der Waals surface area contributed by atoms with Gasteiger partial charge in [0.05, 0.1) is 14.6 Å². The van der Waals surface area contributed by atoms with E-state index in [1.54, 1.807) is 0 Å². The average Bonchev–Trinajstić information content (AvgIpc) is 2.20. The molecule has 1 aromatic rings. The van der Waals surface area contributed by atoms with E-state index in [1.807, 2.05) is 0 Å². The molecule has 0 aliphatic carbocycles. The van der Waals surface area contributed by atoms with Gasteiger partial charge in [0.1, 0.15) is 0 Å². The highest BCUT2D eigenvalue weighted by Crippen LogP contribution is 2.18. The van der Waals surface area contributed by atoms with Gasteiger partial charge in [0.25, 0.3) is 5.69 Å². The monoisotopic (exact) mass is 187 g/mol. The molecule has 5 nitrogen and oxygen atoms in total. The Kier molecular flexibility index (Phi) is 0.958. The third-order valence-corrected chi connectivity index (χ3v) is 1.19. The lowest BCUT2D eigenvalue weighted by Gasteiger charge is -1.97. The van der Waals surface area contributed by atoms with Crippen LogP contribution in [0.4, 0.5) is 5.69 Å². The summed E-state index contributed by atoms with van der Waals surface area (Å²) in [5.41, 5.74) is -3.44. The highest BCUT2D eigenvalue weighted by molar-refractivity contribution is 5.88. The first-order valence-electron chi connectivity index (χ1n) is 6.02. The topological polar surface area (TPSA) is 80.4 Å². The molecular formula is C8H7NO4. The maximum Gasteiger partial charge on any atom is 0.335 e. The molecule has 0 amide bonds. The summed E-state index contributed by atoms with van der Waals surface area (Å²) in [6, 6.07) is -3.31. The highest BCUT2D eigenvalue weighted by Gasteiger charge is 2.13. The first-order chi connectivity index (χ1) is 8.50. The van der Waals surface area contributed by atoms with Crippen molar-refractivity contribution >= 4 is 11.7 Å². The fourth-order valence-corrected chi connectivity index (χ4v) is 0.640. The Morgan fingerprint density at radius 1 is 1.77 bits per heavy atom. The molecule has 5 heteroatoms. The van der Waals surface area contributed by atoms with Crippen molar-refractivity contribution in [1.82, 2.24) is 0 Å². The number of carboxylic acid groups (broad SMARTS) is 1. The maximum atomic E-state index is 10.8. The van der Waals surface area contributed by atoms with Crippen LogP contribution in [0.3, 0.4) is 0 Å². The molecule has 0 aromatic heterocycles. The Hall–Kier alpha value is -1.91. The molecule has 0 saturated heterocycles. The predicted octanol–water partition coefficient (Wildman–Crippen LogP) is 1.60. The van der Waals surface area contributed by atoms with Gasteiger partial charge in [0.15, 0.2) is 0 Å². The molecule has 0 unspecified atom stereocenters. The predicted molar refractivity (Wildman–Crippen MR) is 44.8 cm³/mol. The number of nitro groups is 1. The van der Waals surface area contributed by atoms with Crippen molar-refractivity contribution in [3.8, 4) is 0 Å². The largest absolute Gasteiger partial charge is 0.478 e. The van der Waals surface area contributed by atoms with Crippen LogP contribution in [0.2, 0.25) is 0 Å². The number of nitro benzene ring substituents is 1. The van der Waals surface area contributed by atoms with Crippen LogP contribution in [0.1, 0.15) is 24.1 Å².